The first-order valence-electron chi connectivity index (χ1n) is 4.27. The quantitative estimate of drug-likeness (QED) is 0.520. The molecule has 0 amide bonds. The Labute approximate surface area is 76.1 Å². The SMILES string of the molecule is CC1CC2(C=CC(=O)C=C2)OC1=O. The molecule has 1 aliphatic heterocycles. The van der Waals surface area contributed by atoms with Crippen LogP contribution in [0.15, 0.2) is 24.3 Å². The third-order valence-corrected chi connectivity index (χ3v) is 2.38. The van der Waals surface area contributed by atoms with Crippen LogP contribution in [0.1, 0.15) is 13.3 Å². The maximum atomic E-state index is 11.2. The minimum Gasteiger partial charge on any atom is -0.450 e. The second-order valence-electron chi connectivity index (χ2n) is 3.55. The average molecular weight is 178 g/mol. The summed E-state index contributed by atoms with van der Waals surface area (Å²) >= 11 is 0. The number of allylic oxidation sites excluding steroid dienone is 2. The van der Waals surface area contributed by atoms with Crippen LogP contribution in [0.4, 0.5) is 0 Å². The van der Waals surface area contributed by atoms with Gasteiger partial charge in [-0.15, -0.1) is 0 Å². The van der Waals surface area contributed by atoms with Crippen molar-refractivity contribution in [1.29, 1.82) is 0 Å². The van der Waals surface area contributed by atoms with E-state index in [0.717, 1.165) is 0 Å². The highest BCUT2D eigenvalue weighted by Gasteiger charge is 2.42. The van der Waals surface area contributed by atoms with E-state index >= 15 is 0 Å². The fraction of sp³-hybridized carbons (Fsp3) is 0.400. The second kappa shape index (κ2) is 2.55. The lowest BCUT2D eigenvalue weighted by atomic mass is 9.91. The number of ether oxygens (including phenoxy) is 1. The predicted molar refractivity (Wildman–Crippen MR) is 45.9 cm³/mol. The third kappa shape index (κ3) is 1.30. The molecule has 1 saturated heterocycles. The number of rotatable bonds is 0. The van der Waals surface area contributed by atoms with Crippen LogP contribution in [-0.4, -0.2) is 17.4 Å². The van der Waals surface area contributed by atoms with Crippen LogP contribution < -0.4 is 0 Å². The summed E-state index contributed by atoms with van der Waals surface area (Å²) in [5, 5.41) is 0. The van der Waals surface area contributed by atoms with Crippen LogP contribution in [0.25, 0.3) is 0 Å². The molecule has 0 aromatic heterocycles. The molecule has 3 heteroatoms. The zero-order chi connectivity index (χ0) is 9.47. The minimum absolute atomic E-state index is 0.0544. The van der Waals surface area contributed by atoms with E-state index < -0.39 is 5.60 Å². The van der Waals surface area contributed by atoms with Crippen LogP contribution in [-0.2, 0) is 14.3 Å². The Bertz CT molecular complexity index is 309. The van der Waals surface area contributed by atoms with E-state index in [2.05, 4.69) is 0 Å². The van der Waals surface area contributed by atoms with Crippen molar-refractivity contribution >= 4 is 11.8 Å². The van der Waals surface area contributed by atoms with Crippen molar-refractivity contribution < 1.29 is 14.3 Å². The first-order valence-corrected chi connectivity index (χ1v) is 4.27. The average Bonchev–Trinajstić information content (AvgIpc) is 2.36. The highest BCUT2D eigenvalue weighted by Crippen LogP contribution is 2.34. The number of hydrogen-bond acceptors (Lipinski definition) is 3. The molecule has 0 bridgehead atoms. The van der Waals surface area contributed by atoms with Crippen LogP contribution in [0.2, 0.25) is 0 Å². The predicted octanol–water partition coefficient (Wildman–Crippen LogP) is 1.00. The van der Waals surface area contributed by atoms with Gasteiger partial charge in [0.2, 0.25) is 0 Å². The van der Waals surface area contributed by atoms with E-state index in [9.17, 15) is 9.59 Å². The molecule has 0 saturated carbocycles. The summed E-state index contributed by atoms with van der Waals surface area (Å²) < 4.78 is 5.19. The molecule has 1 fully saturated rings. The number of esters is 1. The Morgan fingerprint density at radius 1 is 1.38 bits per heavy atom. The van der Waals surface area contributed by atoms with Crippen LogP contribution >= 0.6 is 0 Å². The molecule has 0 N–H and O–H groups in total. The Morgan fingerprint density at radius 3 is 2.46 bits per heavy atom. The third-order valence-electron chi connectivity index (χ3n) is 2.38. The normalized spacial score (nSPS) is 29.8. The van der Waals surface area contributed by atoms with Gasteiger partial charge in [-0.3, -0.25) is 9.59 Å². The molecule has 0 radical (unpaired) electrons. The molecule has 13 heavy (non-hydrogen) atoms. The molecular formula is C10H10O3. The summed E-state index contributed by atoms with van der Waals surface area (Å²) in [5.41, 5.74) is -0.635. The standard InChI is InChI=1S/C10H10O3/c1-7-6-10(13-9(7)12)4-2-8(11)3-5-10/h2-5,7H,6H2,1H3. The molecule has 68 valence electrons. The molecule has 0 aromatic carbocycles. The van der Waals surface area contributed by atoms with Gasteiger partial charge in [-0.2, -0.15) is 0 Å². The summed E-state index contributed by atoms with van der Waals surface area (Å²) in [6, 6.07) is 0. The van der Waals surface area contributed by atoms with Crippen molar-refractivity contribution in [3.63, 3.8) is 0 Å². The smallest absolute Gasteiger partial charge is 0.310 e. The Hall–Kier alpha value is -1.38. The van der Waals surface area contributed by atoms with Gasteiger partial charge in [0.1, 0.15) is 0 Å². The number of ketones is 1. The molecule has 2 aliphatic rings. The molecule has 1 atom stereocenters. The van der Waals surface area contributed by atoms with Crippen LogP contribution in [0.5, 0.6) is 0 Å². The molecule has 1 heterocycles. The number of carbonyl (C=O) groups excluding carboxylic acids is 2. The van der Waals surface area contributed by atoms with E-state index in [1.165, 1.54) is 12.2 Å². The Kier molecular flexibility index (Phi) is 1.62. The minimum atomic E-state index is -0.635. The van der Waals surface area contributed by atoms with E-state index in [1.54, 1.807) is 12.2 Å². The molecule has 3 nitrogen and oxygen atoms in total. The number of hydrogen-bond donors (Lipinski definition) is 0. The lowest BCUT2D eigenvalue weighted by Gasteiger charge is -2.21. The van der Waals surface area contributed by atoms with Gasteiger partial charge in [0, 0.05) is 6.42 Å². The first kappa shape index (κ1) is 8.23. The molecule has 0 aromatic rings. The fourth-order valence-corrected chi connectivity index (χ4v) is 1.65. The highest BCUT2D eigenvalue weighted by atomic mass is 16.6. The molecule has 1 unspecified atom stereocenters. The van der Waals surface area contributed by atoms with Gasteiger partial charge in [0.05, 0.1) is 5.92 Å². The van der Waals surface area contributed by atoms with Crippen LogP contribution in [0, 0.1) is 5.92 Å². The maximum Gasteiger partial charge on any atom is 0.310 e. The molecular weight excluding hydrogens is 168 g/mol. The summed E-state index contributed by atoms with van der Waals surface area (Å²) in [6.45, 7) is 1.83. The molecule has 1 aliphatic carbocycles. The Morgan fingerprint density at radius 2 is 2.00 bits per heavy atom. The largest absolute Gasteiger partial charge is 0.450 e. The summed E-state index contributed by atoms with van der Waals surface area (Å²) in [7, 11) is 0. The highest BCUT2D eigenvalue weighted by molar-refractivity contribution is 6.00. The van der Waals surface area contributed by atoms with E-state index in [-0.39, 0.29) is 17.7 Å². The summed E-state index contributed by atoms with van der Waals surface area (Å²) in [5.74, 6) is -0.327. The van der Waals surface area contributed by atoms with E-state index in [0.29, 0.717) is 6.42 Å². The van der Waals surface area contributed by atoms with Crippen molar-refractivity contribution in [2.45, 2.75) is 18.9 Å². The van der Waals surface area contributed by atoms with Crippen molar-refractivity contribution in [3.8, 4) is 0 Å². The van der Waals surface area contributed by atoms with Gasteiger partial charge in [-0.05, 0) is 24.3 Å². The monoisotopic (exact) mass is 178 g/mol. The van der Waals surface area contributed by atoms with Gasteiger partial charge < -0.3 is 4.74 Å². The van der Waals surface area contributed by atoms with Gasteiger partial charge in [-0.25, -0.2) is 0 Å². The van der Waals surface area contributed by atoms with Crippen molar-refractivity contribution in [1.82, 2.24) is 0 Å². The van der Waals surface area contributed by atoms with Gasteiger partial charge in [-0.1, -0.05) is 6.92 Å². The lowest BCUT2D eigenvalue weighted by Crippen LogP contribution is -2.25. The summed E-state index contributed by atoms with van der Waals surface area (Å²) in [4.78, 5) is 22.0. The molecule has 2 rings (SSSR count). The van der Waals surface area contributed by atoms with E-state index in [4.69, 9.17) is 4.74 Å². The first-order chi connectivity index (χ1) is 6.11. The lowest BCUT2D eigenvalue weighted by molar-refractivity contribution is -0.145. The van der Waals surface area contributed by atoms with Crippen LogP contribution in [0.3, 0.4) is 0 Å². The zero-order valence-corrected chi connectivity index (χ0v) is 7.32. The topological polar surface area (TPSA) is 43.4 Å². The van der Waals surface area contributed by atoms with Gasteiger partial charge in [0.15, 0.2) is 11.4 Å². The maximum absolute atomic E-state index is 11.2. The number of carbonyl (C=O) groups is 2. The zero-order valence-electron chi connectivity index (χ0n) is 7.32. The molecule has 1 spiro atoms. The van der Waals surface area contributed by atoms with Gasteiger partial charge >= 0.3 is 5.97 Å². The van der Waals surface area contributed by atoms with E-state index in [1.807, 2.05) is 6.92 Å². The van der Waals surface area contributed by atoms with Crippen molar-refractivity contribution in [3.05, 3.63) is 24.3 Å². The van der Waals surface area contributed by atoms with Crippen molar-refractivity contribution in [2.75, 3.05) is 0 Å². The Balaban J connectivity index is 2.26. The van der Waals surface area contributed by atoms with Gasteiger partial charge in [0.25, 0.3) is 0 Å². The second-order valence-corrected chi connectivity index (χ2v) is 3.55. The van der Waals surface area contributed by atoms with Crippen molar-refractivity contribution in [2.24, 2.45) is 5.92 Å². The summed E-state index contributed by atoms with van der Waals surface area (Å²) in [6.07, 6.45) is 6.86. The fourth-order valence-electron chi connectivity index (χ4n) is 1.65.